The van der Waals surface area contributed by atoms with Crippen molar-refractivity contribution in [2.45, 2.75) is 25.3 Å². The lowest BCUT2D eigenvalue weighted by atomic mass is 10.0. The number of rotatable bonds is 4. The van der Waals surface area contributed by atoms with Gasteiger partial charge in [-0.15, -0.1) is 0 Å². The van der Waals surface area contributed by atoms with E-state index in [0.29, 0.717) is 18.5 Å². The summed E-state index contributed by atoms with van der Waals surface area (Å²) in [4.78, 5) is 16.1. The SMILES string of the molecule is CN(c1ccc([N+](=O)[O-])nc1)C1CCCC1CN. The van der Waals surface area contributed by atoms with Crippen molar-refractivity contribution in [1.29, 1.82) is 0 Å². The fourth-order valence-corrected chi connectivity index (χ4v) is 2.69. The Balaban J connectivity index is 2.13. The van der Waals surface area contributed by atoms with Gasteiger partial charge in [-0.3, -0.25) is 0 Å². The summed E-state index contributed by atoms with van der Waals surface area (Å²) in [5, 5.41) is 10.5. The molecule has 0 bridgehead atoms. The molecule has 2 rings (SSSR count). The van der Waals surface area contributed by atoms with Crippen molar-refractivity contribution in [2.75, 3.05) is 18.5 Å². The van der Waals surface area contributed by atoms with Crippen LogP contribution in [0.25, 0.3) is 0 Å². The highest BCUT2D eigenvalue weighted by atomic mass is 16.6. The smallest absolute Gasteiger partial charge is 0.363 e. The maximum atomic E-state index is 10.5. The number of aromatic nitrogens is 1. The molecule has 18 heavy (non-hydrogen) atoms. The Kier molecular flexibility index (Phi) is 3.76. The predicted octanol–water partition coefficient (Wildman–Crippen LogP) is 1.55. The lowest BCUT2D eigenvalue weighted by Crippen LogP contribution is -2.37. The van der Waals surface area contributed by atoms with E-state index in [2.05, 4.69) is 9.88 Å². The van der Waals surface area contributed by atoms with Gasteiger partial charge < -0.3 is 20.7 Å². The van der Waals surface area contributed by atoms with Crippen molar-refractivity contribution in [3.8, 4) is 0 Å². The second kappa shape index (κ2) is 5.30. The van der Waals surface area contributed by atoms with E-state index in [-0.39, 0.29) is 5.82 Å². The first-order chi connectivity index (χ1) is 8.63. The molecule has 6 nitrogen and oxygen atoms in total. The summed E-state index contributed by atoms with van der Waals surface area (Å²) in [7, 11) is 2.00. The second-order valence-electron chi connectivity index (χ2n) is 4.74. The third kappa shape index (κ3) is 2.43. The lowest BCUT2D eigenvalue weighted by molar-refractivity contribution is -0.389. The second-order valence-corrected chi connectivity index (χ2v) is 4.74. The number of hydrogen-bond donors (Lipinski definition) is 1. The molecule has 0 radical (unpaired) electrons. The minimum absolute atomic E-state index is 0.117. The van der Waals surface area contributed by atoms with Crippen LogP contribution >= 0.6 is 0 Å². The zero-order valence-electron chi connectivity index (χ0n) is 10.5. The zero-order valence-corrected chi connectivity index (χ0v) is 10.5. The van der Waals surface area contributed by atoms with Gasteiger partial charge >= 0.3 is 5.82 Å². The van der Waals surface area contributed by atoms with Gasteiger partial charge in [0.2, 0.25) is 0 Å². The molecule has 2 atom stereocenters. The molecule has 0 aliphatic heterocycles. The Labute approximate surface area is 106 Å². The van der Waals surface area contributed by atoms with Crippen LogP contribution in [0.15, 0.2) is 18.3 Å². The van der Waals surface area contributed by atoms with Gasteiger partial charge in [0, 0.05) is 19.2 Å². The molecule has 1 aromatic heterocycles. The van der Waals surface area contributed by atoms with Crippen LogP contribution in [0.2, 0.25) is 0 Å². The van der Waals surface area contributed by atoms with Gasteiger partial charge in [0.25, 0.3) is 0 Å². The Hall–Kier alpha value is -1.69. The summed E-state index contributed by atoms with van der Waals surface area (Å²) in [5.41, 5.74) is 6.68. The van der Waals surface area contributed by atoms with E-state index >= 15 is 0 Å². The highest BCUT2D eigenvalue weighted by Gasteiger charge is 2.30. The largest absolute Gasteiger partial charge is 0.368 e. The number of hydrogen-bond acceptors (Lipinski definition) is 5. The average Bonchev–Trinajstić information content (AvgIpc) is 2.86. The van der Waals surface area contributed by atoms with E-state index in [4.69, 9.17) is 5.73 Å². The molecular weight excluding hydrogens is 232 g/mol. The number of anilines is 1. The predicted molar refractivity (Wildman–Crippen MR) is 69.5 cm³/mol. The Morgan fingerprint density at radius 1 is 1.56 bits per heavy atom. The van der Waals surface area contributed by atoms with Gasteiger partial charge in [0.1, 0.15) is 0 Å². The molecule has 6 heteroatoms. The van der Waals surface area contributed by atoms with E-state index in [1.54, 1.807) is 12.3 Å². The van der Waals surface area contributed by atoms with Crippen molar-refractivity contribution < 1.29 is 4.92 Å². The first-order valence-electron chi connectivity index (χ1n) is 6.17. The quantitative estimate of drug-likeness (QED) is 0.647. The van der Waals surface area contributed by atoms with Crippen molar-refractivity contribution in [3.63, 3.8) is 0 Å². The van der Waals surface area contributed by atoms with E-state index < -0.39 is 4.92 Å². The monoisotopic (exact) mass is 250 g/mol. The fraction of sp³-hybridized carbons (Fsp3) is 0.583. The van der Waals surface area contributed by atoms with Gasteiger partial charge in [0.15, 0.2) is 6.20 Å². The average molecular weight is 250 g/mol. The topological polar surface area (TPSA) is 85.3 Å². The van der Waals surface area contributed by atoms with Crippen LogP contribution in [0.3, 0.4) is 0 Å². The third-order valence-corrected chi connectivity index (χ3v) is 3.75. The van der Waals surface area contributed by atoms with Gasteiger partial charge in [-0.25, -0.2) is 0 Å². The van der Waals surface area contributed by atoms with Crippen LogP contribution in [-0.2, 0) is 0 Å². The summed E-state index contributed by atoms with van der Waals surface area (Å²) in [6.07, 6.45) is 5.03. The minimum atomic E-state index is -0.484. The molecular formula is C12H18N4O2. The fourth-order valence-electron chi connectivity index (χ4n) is 2.69. The molecule has 98 valence electrons. The van der Waals surface area contributed by atoms with Crippen molar-refractivity contribution >= 4 is 11.5 Å². The van der Waals surface area contributed by atoms with E-state index in [1.807, 2.05) is 7.05 Å². The number of nitro groups is 1. The minimum Gasteiger partial charge on any atom is -0.368 e. The lowest BCUT2D eigenvalue weighted by Gasteiger charge is -2.30. The Bertz CT molecular complexity index is 421. The molecule has 0 saturated heterocycles. The normalized spacial score (nSPS) is 23.0. The van der Waals surface area contributed by atoms with Gasteiger partial charge in [0.05, 0.1) is 5.69 Å². The first kappa shape index (κ1) is 12.8. The number of nitrogens with two attached hydrogens (primary N) is 1. The molecule has 1 aromatic rings. The molecule has 1 aliphatic carbocycles. The molecule has 2 N–H and O–H groups in total. The summed E-state index contributed by atoms with van der Waals surface area (Å²) in [6, 6.07) is 3.60. The molecule has 0 amide bonds. The zero-order chi connectivity index (χ0) is 13.1. The Morgan fingerprint density at radius 2 is 2.33 bits per heavy atom. The van der Waals surface area contributed by atoms with Gasteiger partial charge in [-0.05, 0) is 41.3 Å². The number of nitrogens with zero attached hydrogens (tertiary/aromatic N) is 3. The van der Waals surface area contributed by atoms with Crippen LogP contribution in [-0.4, -0.2) is 29.5 Å². The molecule has 2 unspecified atom stereocenters. The summed E-state index contributed by atoms with van der Waals surface area (Å²) in [5.74, 6) is 0.388. The van der Waals surface area contributed by atoms with E-state index in [0.717, 1.165) is 18.5 Å². The highest BCUT2D eigenvalue weighted by molar-refractivity contribution is 5.47. The van der Waals surface area contributed by atoms with Crippen molar-refractivity contribution in [2.24, 2.45) is 11.7 Å². The third-order valence-electron chi connectivity index (χ3n) is 3.75. The number of pyridine rings is 1. The van der Waals surface area contributed by atoms with Crippen LogP contribution in [0.5, 0.6) is 0 Å². The molecule has 0 aromatic carbocycles. The van der Waals surface area contributed by atoms with Crippen LogP contribution < -0.4 is 10.6 Å². The van der Waals surface area contributed by atoms with Crippen LogP contribution in [0.4, 0.5) is 11.5 Å². The van der Waals surface area contributed by atoms with Crippen molar-refractivity contribution in [3.05, 3.63) is 28.4 Å². The molecule has 1 aliphatic rings. The van der Waals surface area contributed by atoms with Gasteiger partial charge in [-0.2, -0.15) is 0 Å². The Morgan fingerprint density at radius 3 is 2.89 bits per heavy atom. The van der Waals surface area contributed by atoms with Crippen LogP contribution in [0, 0.1) is 16.0 Å². The van der Waals surface area contributed by atoms with Crippen LogP contribution in [0.1, 0.15) is 19.3 Å². The maximum Gasteiger partial charge on any atom is 0.363 e. The standard InChI is InChI=1S/C12H18N4O2/c1-15(11-4-2-3-9(11)7-13)10-5-6-12(14-8-10)16(17)18/h5-6,8-9,11H,2-4,7,13H2,1H3. The summed E-state index contributed by atoms with van der Waals surface area (Å²) in [6.45, 7) is 0.690. The highest BCUT2D eigenvalue weighted by Crippen LogP contribution is 2.31. The maximum absolute atomic E-state index is 10.5. The van der Waals surface area contributed by atoms with E-state index in [1.165, 1.54) is 12.5 Å². The molecule has 1 saturated carbocycles. The summed E-state index contributed by atoms with van der Waals surface area (Å²) < 4.78 is 0. The van der Waals surface area contributed by atoms with Crippen molar-refractivity contribution in [1.82, 2.24) is 4.98 Å². The van der Waals surface area contributed by atoms with Gasteiger partial charge in [-0.1, -0.05) is 6.42 Å². The molecule has 1 fully saturated rings. The summed E-state index contributed by atoms with van der Waals surface area (Å²) >= 11 is 0. The molecule has 1 heterocycles. The molecule has 0 spiro atoms. The first-order valence-corrected chi connectivity index (χ1v) is 6.17. The van der Waals surface area contributed by atoms with E-state index in [9.17, 15) is 10.1 Å².